The molecule has 0 bridgehead atoms. The van der Waals surface area contributed by atoms with E-state index in [-0.39, 0.29) is 0 Å². The van der Waals surface area contributed by atoms with Crippen LogP contribution in [0.3, 0.4) is 0 Å². The van der Waals surface area contributed by atoms with E-state index in [1.165, 1.54) is 18.0 Å². The van der Waals surface area contributed by atoms with E-state index in [2.05, 4.69) is 20.1 Å². The lowest BCUT2D eigenvalue weighted by Gasteiger charge is -1.91. The molecule has 9 heteroatoms. The third kappa shape index (κ3) is 2.70. The van der Waals surface area contributed by atoms with Crippen LogP contribution in [-0.2, 0) is 5.75 Å². The van der Waals surface area contributed by atoms with Crippen molar-refractivity contribution in [1.82, 2.24) is 20.1 Å². The first kappa shape index (κ1) is 13.9. The van der Waals surface area contributed by atoms with Crippen LogP contribution < -0.4 is 0 Å². The SMILES string of the molecule is Fc1cc2nc(SCc3nc(-c4ccco4)no3)[nH]c2cc1F. The second-order valence-corrected chi connectivity index (χ2v) is 5.57. The van der Waals surface area contributed by atoms with Crippen molar-refractivity contribution in [1.29, 1.82) is 0 Å². The molecule has 0 amide bonds. The lowest BCUT2D eigenvalue weighted by Crippen LogP contribution is -1.82. The molecule has 0 aliphatic carbocycles. The summed E-state index contributed by atoms with van der Waals surface area (Å²) in [4.78, 5) is 11.3. The molecule has 1 N–H and O–H groups in total. The highest BCUT2D eigenvalue weighted by Crippen LogP contribution is 2.25. The first-order valence-corrected chi connectivity index (χ1v) is 7.51. The van der Waals surface area contributed by atoms with Crippen LogP contribution in [0, 0.1) is 11.6 Å². The van der Waals surface area contributed by atoms with E-state index < -0.39 is 11.6 Å². The number of rotatable bonds is 4. The Labute approximate surface area is 131 Å². The van der Waals surface area contributed by atoms with Crippen LogP contribution in [0.5, 0.6) is 0 Å². The van der Waals surface area contributed by atoms with Gasteiger partial charge in [-0.05, 0) is 12.1 Å². The molecule has 0 radical (unpaired) electrons. The molecule has 3 aromatic heterocycles. The molecule has 0 aliphatic rings. The lowest BCUT2D eigenvalue weighted by molar-refractivity contribution is 0.390. The third-order valence-corrected chi connectivity index (χ3v) is 3.90. The summed E-state index contributed by atoms with van der Waals surface area (Å²) in [6.07, 6.45) is 1.52. The highest BCUT2D eigenvalue weighted by molar-refractivity contribution is 7.98. The van der Waals surface area contributed by atoms with E-state index in [1.54, 1.807) is 12.1 Å². The number of hydrogen-bond donors (Lipinski definition) is 1. The Kier molecular flexibility index (Phi) is 3.34. The summed E-state index contributed by atoms with van der Waals surface area (Å²) in [6, 6.07) is 5.58. The molecule has 0 saturated carbocycles. The van der Waals surface area contributed by atoms with Crippen molar-refractivity contribution in [3.63, 3.8) is 0 Å². The molecule has 23 heavy (non-hydrogen) atoms. The summed E-state index contributed by atoms with van der Waals surface area (Å²) in [5.74, 6) is -0.227. The molecule has 116 valence electrons. The van der Waals surface area contributed by atoms with Gasteiger partial charge in [0.2, 0.25) is 11.7 Å². The van der Waals surface area contributed by atoms with Gasteiger partial charge in [-0.3, -0.25) is 0 Å². The van der Waals surface area contributed by atoms with Gasteiger partial charge in [-0.15, -0.1) is 0 Å². The summed E-state index contributed by atoms with van der Waals surface area (Å²) in [5, 5.41) is 4.32. The number of aromatic amines is 1. The Hall–Kier alpha value is -2.68. The molecule has 0 aliphatic heterocycles. The minimum atomic E-state index is -0.930. The van der Waals surface area contributed by atoms with Crippen LogP contribution in [0.25, 0.3) is 22.6 Å². The molecule has 0 spiro atoms. The Balaban J connectivity index is 1.51. The highest BCUT2D eigenvalue weighted by atomic mass is 32.2. The summed E-state index contributed by atoms with van der Waals surface area (Å²) in [6.45, 7) is 0. The number of thioether (sulfide) groups is 1. The molecule has 4 aromatic rings. The molecule has 1 aromatic carbocycles. The van der Waals surface area contributed by atoms with E-state index in [0.717, 1.165) is 12.1 Å². The lowest BCUT2D eigenvalue weighted by atomic mass is 10.3. The van der Waals surface area contributed by atoms with Crippen molar-refractivity contribution in [3.8, 4) is 11.6 Å². The van der Waals surface area contributed by atoms with Crippen molar-refractivity contribution in [3.05, 3.63) is 48.1 Å². The van der Waals surface area contributed by atoms with Gasteiger partial charge in [0.15, 0.2) is 22.6 Å². The maximum atomic E-state index is 13.2. The molecule has 0 atom stereocenters. The van der Waals surface area contributed by atoms with Gasteiger partial charge < -0.3 is 13.9 Å². The van der Waals surface area contributed by atoms with Crippen LogP contribution in [0.4, 0.5) is 8.78 Å². The minimum Gasteiger partial charge on any atom is -0.461 e. The Morgan fingerprint density at radius 1 is 1.17 bits per heavy atom. The predicted molar refractivity (Wildman–Crippen MR) is 77.6 cm³/mol. The number of H-pyrrole nitrogens is 1. The highest BCUT2D eigenvalue weighted by Gasteiger charge is 2.13. The second-order valence-electron chi connectivity index (χ2n) is 4.60. The fourth-order valence-corrected chi connectivity index (χ4v) is 2.72. The summed E-state index contributed by atoms with van der Waals surface area (Å²) >= 11 is 1.28. The number of aromatic nitrogens is 4. The van der Waals surface area contributed by atoms with Gasteiger partial charge in [0, 0.05) is 12.1 Å². The summed E-state index contributed by atoms with van der Waals surface area (Å²) in [5.41, 5.74) is 0.779. The van der Waals surface area contributed by atoms with Crippen molar-refractivity contribution in [2.75, 3.05) is 0 Å². The number of fused-ring (bicyclic) bond motifs is 1. The maximum Gasteiger partial charge on any atom is 0.238 e. The largest absolute Gasteiger partial charge is 0.461 e. The van der Waals surface area contributed by atoms with E-state index in [9.17, 15) is 8.78 Å². The average molecular weight is 334 g/mol. The zero-order chi connectivity index (χ0) is 15.8. The number of furan rings is 1. The van der Waals surface area contributed by atoms with Gasteiger partial charge in [0.25, 0.3) is 0 Å². The summed E-state index contributed by atoms with van der Waals surface area (Å²) < 4.78 is 36.6. The van der Waals surface area contributed by atoms with Crippen LogP contribution in [-0.4, -0.2) is 20.1 Å². The van der Waals surface area contributed by atoms with Gasteiger partial charge in [-0.25, -0.2) is 13.8 Å². The van der Waals surface area contributed by atoms with Crippen molar-refractivity contribution in [2.45, 2.75) is 10.9 Å². The smallest absolute Gasteiger partial charge is 0.238 e. The first-order valence-electron chi connectivity index (χ1n) is 6.53. The molecule has 0 fully saturated rings. The molecule has 4 rings (SSSR count). The van der Waals surface area contributed by atoms with Crippen LogP contribution >= 0.6 is 11.8 Å². The standard InChI is InChI=1S/C14H8F2N4O2S/c15-7-4-9-10(5-8(7)16)18-14(17-9)23-6-12-19-13(20-22-12)11-2-1-3-21-11/h1-5H,6H2,(H,17,18). The van der Waals surface area contributed by atoms with Gasteiger partial charge in [-0.1, -0.05) is 16.9 Å². The minimum absolute atomic E-state index is 0.355. The maximum absolute atomic E-state index is 13.2. The zero-order valence-electron chi connectivity index (χ0n) is 11.4. The molecular weight excluding hydrogens is 326 g/mol. The van der Waals surface area contributed by atoms with E-state index in [4.69, 9.17) is 8.94 Å². The van der Waals surface area contributed by atoms with E-state index in [0.29, 0.717) is 39.4 Å². The summed E-state index contributed by atoms with van der Waals surface area (Å²) in [7, 11) is 0. The number of nitrogens with one attached hydrogen (secondary N) is 1. The molecular formula is C14H8F2N4O2S. The van der Waals surface area contributed by atoms with E-state index >= 15 is 0 Å². The van der Waals surface area contributed by atoms with Crippen molar-refractivity contribution >= 4 is 22.8 Å². The zero-order valence-corrected chi connectivity index (χ0v) is 12.2. The van der Waals surface area contributed by atoms with Crippen LogP contribution in [0.1, 0.15) is 5.89 Å². The number of imidazole rings is 1. The predicted octanol–water partition coefficient (Wildman–Crippen LogP) is 3.78. The molecule has 0 unspecified atom stereocenters. The van der Waals surface area contributed by atoms with Gasteiger partial charge in [-0.2, -0.15) is 4.98 Å². The topological polar surface area (TPSA) is 80.7 Å². The van der Waals surface area contributed by atoms with Crippen LogP contribution in [0.2, 0.25) is 0 Å². The van der Waals surface area contributed by atoms with Gasteiger partial charge in [0.1, 0.15) is 0 Å². The normalized spacial score (nSPS) is 11.4. The Morgan fingerprint density at radius 3 is 2.87 bits per heavy atom. The van der Waals surface area contributed by atoms with Crippen molar-refractivity contribution in [2.24, 2.45) is 0 Å². The fourth-order valence-electron chi connectivity index (χ4n) is 2.00. The van der Waals surface area contributed by atoms with Gasteiger partial charge >= 0.3 is 0 Å². The number of benzene rings is 1. The monoisotopic (exact) mass is 334 g/mol. The molecule has 6 nitrogen and oxygen atoms in total. The number of hydrogen-bond acceptors (Lipinski definition) is 6. The first-order chi connectivity index (χ1) is 11.2. The number of halogens is 2. The van der Waals surface area contributed by atoms with Crippen molar-refractivity contribution < 1.29 is 17.7 Å². The van der Waals surface area contributed by atoms with Gasteiger partial charge in [0.05, 0.1) is 23.0 Å². The van der Waals surface area contributed by atoms with E-state index in [1.807, 2.05) is 0 Å². The second kappa shape index (κ2) is 5.51. The number of nitrogens with zero attached hydrogens (tertiary/aromatic N) is 3. The third-order valence-electron chi connectivity index (χ3n) is 3.04. The fraction of sp³-hybridized carbons (Fsp3) is 0.0714. The quantitative estimate of drug-likeness (QED) is 0.572. The Bertz CT molecular complexity index is 926. The molecule has 0 saturated heterocycles. The average Bonchev–Trinajstić information content (AvgIpc) is 3.25. The molecule has 3 heterocycles. The Morgan fingerprint density at radius 2 is 2.04 bits per heavy atom. The van der Waals surface area contributed by atoms with Crippen LogP contribution in [0.15, 0.2) is 44.6 Å².